The van der Waals surface area contributed by atoms with Crippen LogP contribution in [0.3, 0.4) is 0 Å². The predicted octanol–water partition coefficient (Wildman–Crippen LogP) is 4.39. The Morgan fingerprint density at radius 2 is 1.97 bits per heavy atom. The molecule has 1 aromatic heterocycles. The number of anilines is 1. The van der Waals surface area contributed by atoms with Crippen LogP contribution in [0.4, 0.5) is 23.2 Å². The van der Waals surface area contributed by atoms with Crippen molar-refractivity contribution < 1.29 is 31.9 Å². The summed E-state index contributed by atoms with van der Waals surface area (Å²) in [5.41, 5.74) is -0.394. The molecule has 0 saturated carbocycles. The number of ether oxygens (including phenoxy) is 1. The van der Waals surface area contributed by atoms with Crippen molar-refractivity contribution in [1.82, 2.24) is 15.3 Å². The summed E-state index contributed by atoms with van der Waals surface area (Å²) in [4.78, 5) is 29.4. The van der Waals surface area contributed by atoms with E-state index in [0.29, 0.717) is 11.8 Å². The summed E-state index contributed by atoms with van der Waals surface area (Å²) in [5, 5.41) is 4.90. The second kappa shape index (κ2) is 10.9. The number of rotatable bonds is 6. The van der Waals surface area contributed by atoms with Crippen molar-refractivity contribution in [3.05, 3.63) is 64.7 Å². The molecule has 7 nitrogen and oxygen atoms in total. The van der Waals surface area contributed by atoms with E-state index in [1.807, 2.05) is 0 Å². The number of halogens is 5. The molecule has 2 amide bonds. The fourth-order valence-electron chi connectivity index (χ4n) is 2.76. The molecule has 0 saturated heterocycles. The molecule has 0 radical (unpaired) electrons. The zero-order valence-corrected chi connectivity index (χ0v) is 18.8. The quantitative estimate of drug-likeness (QED) is 0.261. The van der Waals surface area contributed by atoms with Crippen molar-refractivity contribution >= 4 is 29.1 Å². The van der Waals surface area contributed by atoms with Crippen molar-refractivity contribution in [2.45, 2.75) is 13.1 Å². The van der Waals surface area contributed by atoms with Crippen LogP contribution >= 0.6 is 11.6 Å². The second-order valence-electron chi connectivity index (χ2n) is 7.02. The summed E-state index contributed by atoms with van der Waals surface area (Å²) >= 11 is 5.70. The summed E-state index contributed by atoms with van der Waals surface area (Å²) in [6.07, 6.45) is -3.95. The molecule has 12 heteroatoms. The van der Waals surface area contributed by atoms with Gasteiger partial charge in [0.15, 0.2) is 0 Å². The molecule has 0 aliphatic heterocycles. The number of carbonyl (C=O) groups is 2. The van der Waals surface area contributed by atoms with E-state index in [-0.39, 0.29) is 46.9 Å². The number of hydrogen-bond acceptors (Lipinski definition) is 4. The van der Waals surface area contributed by atoms with Crippen molar-refractivity contribution in [2.24, 2.45) is 0 Å². The average molecular weight is 509 g/mol. The monoisotopic (exact) mass is 508 g/mol. The summed E-state index contributed by atoms with van der Waals surface area (Å²) in [7, 11) is 0. The minimum atomic E-state index is -4.60. The normalized spacial score (nSPS) is 10.8. The molecule has 0 atom stereocenters. The van der Waals surface area contributed by atoms with Gasteiger partial charge in [0.05, 0.1) is 23.5 Å². The molecule has 0 spiro atoms. The van der Waals surface area contributed by atoms with Crippen LogP contribution in [0.1, 0.15) is 18.2 Å². The van der Waals surface area contributed by atoms with Gasteiger partial charge in [-0.1, -0.05) is 17.5 Å². The Kier molecular flexibility index (Phi) is 7.98. The molecule has 3 aromatic rings. The van der Waals surface area contributed by atoms with Gasteiger partial charge in [-0.05, 0) is 36.4 Å². The Hall–Kier alpha value is -4.04. The van der Waals surface area contributed by atoms with Crippen molar-refractivity contribution in [3.63, 3.8) is 0 Å². The third-order valence-electron chi connectivity index (χ3n) is 4.36. The van der Waals surface area contributed by atoms with Gasteiger partial charge in [-0.25, -0.2) is 9.37 Å². The molecule has 1 heterocycles. The highest BCUT2D eigenvalue weighted by Crippen LogP contribution is 2.32. The van der Waals surface area contributed by atoms with Crippen LogP contribution < -0.4 is 15.4 Å². The Bertz CT molecular complexity index is 1310. The van der Waals surface area contributed by atoms with Crippen LogP contribution in [0.25, 0.3) is 11.4 Å². The smallest absolute Gasteiger partial charge is 0.432 e. The summed E-state index contributed by atoms with van der Waals surface area (Å²) in [6, 6.07) is 7.95. The highest BCUT2D eigenvalue weighted by Gasteiger charge is 2.33. The third kappa shape index (κ3) is 7.22. The van der Waals surface area contributed by atoms with Gasteiger partial charge in [-0.2, -0.15) is 13.2 Å². The molecular formula is C23H17ClF4N4O3. The van der Waals surface area contributed by atoms with Crippen molar-refractivity contribution in [3.8, 4) is 29.0 Å². The molecule has 3 N–H and O–H groups in total. The summed E-state index contributed by atoms with van der Waals surface area (Å²) < 4.78 is 57.6. The lowest BCUT2D eigenvalue weighted by Crippen LogP contribution is -2.25. The van der Waals surface area contributed by atoms with E-state index in [4.69, 9.17) is 16.3 Å². The first-order valence-corrected chi connectivity index (χ1v) is 10.3. The Labute approximate surface area is 201 Å². The zero-order valence-electron chi connectivity index (χ0n) is 18.0. The van der Waals surface area contributed by atoms with Gasteiger partial charge in [-0.15, -0.1) is 0 Å². The van der Waals surface area contributed by atoms with Crippen LogP contribution in [0.15, 0.2) is 42.6 Å². The number of amides is 2. The van der Waals surface area contributed by atoms with E-state index >= 15 is 0 Å². The van der Waals surface area contributed by atoms with E-state index in [0.717, 1.165) is 6.07 Å². The topological polar surface area (TPSA) is 96.1 Å². The number of carbonyl (C=O) groups excluding carboxylic acids is 2. The standard InChI is InChI=1S/C23H17ClF4N4O3/c1-13(33)29-8-9-35-19-6-4-15(22-30-12-20(32-22)23(26,27)28)11-18(19)31-21(34)7-3-14-2-5-17(25)16(24)10-14/h2,4-6,10-12H,8-9H2,1H3,(H,29,33)(H,30,32)(H,31,34). The second-order valence-corrected chi connectivity index (χ2v) is 7.43. The molecule has 0 bridgehead atoms. The van der Waals surface area contributed by atoms with Gasteiger partial charge in [0, 0.05) is 24.0 Å². The molecule has 0 aliphatic carbocycles. The molecular weight excluding hydrogens is 492 g/mol. The Balaban J connectivity index is 1.85. The van der Waals surface area contributed by atoms with Crippen LogP contribution in [0.5, 0.6) is 5.75 Å². The number of nitrogens with zero attached hydrogens (tertiary/aromatic N) is 1. The average Bonchev–Trinajstić information content (AvgIpc) is 3.29. The molecule has 2 aromatic carbocycles. The SMILES string of the molecule is CC(=O)NCCOc1ccc(-c2ncc(C(F)(F)F)[nH]2)cc1NC(=O)C#Cc1ccc(F)c(Cl)c1. The maximum atomic E-state index is 13.3. The van der Waals surface area contributed by atoms with E-state index in [1.54, 1.807) is 0 Å². The van der Waals surface area contributed by atoms with Crippen LogP contribution in [-0.4, -0.2) is 34.9 Å². The maximum Gasteiger partial charge on any atom is 0.432 e. The van der Waals surface area contributed by atoms with Gasteiger partial charge in [-0.3, -0.25) is 9.59 Å². The first-order valence-electron chi connectivity index (χ1n) is 9.95. The molecule has 0 fully saturated rings. The minimum absolute atomic E-state index is 0.0561. The van der Waals surface area contributed by atoms with Crippen LogP contribution in [0.2, 0.25) is 5.02 Å². The van der Waals surface area contributed by atoms with Gasteiger partial charge in [0.25, 0.3) is 0 Å². The molecule has 35 heavy (non-hydrogen) atoms. The van der Waals surface area contributed by atoms with E-state index in [1.165, 1.54) is 37.3 Å². The number of imidazole rings is 1. The van der Waals surface area contributed by atoms with Crippen molar-refractivity contribution in [1.29, 1.82) is 0 Å². The largest absolute Gasteiger partial charge is 0.490 e. The van der Waals surface area contributed by atoms with E-state index in [2.05, 4.69) is 32.4 Å². The lowest BCUT2D eigenvalue weighted by molar-refractivity contribution is -0.140. The zero-order chi connectivity index (χ0) is 25.6. The van der Waals surface area contributed by atoms with Crippen LogP contribution in [0, 0.1) is 17.7 Å². The van der Waals surface area contributed by atoms with Gasteiger partial charge in [0.1, 0.15) is 29.7 Å². The van der Waals surface area contributed by atoms with Gasteiger partial charge < -0.3 is 20.4 Å². The first kappa shape index (κ1) is 25.6. The van der Waals surface area contributed by atoms with Gasteiger partial charge >= 0.3 is 12.1 Å². The fourth-order valence-corrected chi connectivity index (χ4v) is 2.94. The molecule has 3 rings (SSSR count). The maximum absolute atomic E-state index is 13.3. The molecule has 0 aliphatic rings. The number of aromatic nitrogens is 2. The number of hydrogen-bond donors (Lipinski definition) is 3. The van der Waals surface area contributed by atoms with Crippen molar-refractivity contribution in [2.75, 3.05) is 18.5 Å². The van der Waals surface area contributed by atoms with E-state index in [9.17, 15) is 27.2 Å². The van der Waals surface area contributed by atoms with Gasteiger partial charge in [0.2, 0.25) is 5.91 Å². The lowest BCUT2D eigenvalue weighted by Gasteiger charge is -2.13. The number of nitrogens with one attached hydrogen (secondary N) is 3. The Morgan fingerprint density at radius 3 is 2.63 bits per heavy atom. The number of aromatic amines is 1. The predicted molar refractivity (Wildman–Crippen MR) is 120 cm³/mol. The van der Waals surface area contributed by atoms with Crippen LogP contribution in [-0.2, 0) is 15.8 Å². The number of alkyl halides is 3. The number of benzene rings is 2. The fraction of sp³-hybridized carbons (Fsp3) is 0.174. The molecule has 182 valence electrons. The first-order chi connectivity index (χ1) is 16.5. The summed E-state index contributed by atoms with van der Waals surface area (Å²) in [6.45, 7) is 1.58. The lowest BCUT2D eigenvalue weighted by atomic mass is 10.1. The highest BCUT2D eigenvalue weighted by atomic mass is 35.5. The number of H-pyrrole nitrogens is 1. The third-order valence-corrected chi connectivity index (χ3v) is 4.65. The Morgan fingerprint density at radius 1 is 1.20 bits per heavy atom. The van der Waals surface area contributed by atoms with E-state index < -0.39 is 23.6 Å². The highest BCUT2D eigenvalue weighted by molar-refractivity contribution is 6.30. The minimum Gasteiger partial charge on any atom is -0.490 e. The summed E-state index contributed by atoms with van der Waals surface area (Å²) in [5.74, 6) is 3.30. The molecule has 0 unspecified atom stereocenters.